The molecular formula is C18H30BrNO6P8. The fourth-order valence-corrected chi connectivity index (χ4v) is 32.3. The number of esters is 1. The second-order valence-corrected chi connectivity index (χ2v) is 37.8. The van der Waals surface area contributed by atoms with E-state index < -0.39 is 33.5 Å². The molecule has 190 valence electrons. The summed E-state index contributed by atoms with van der Waals surface area (Å²) in [6, 6.07) is 8.59. The lowest BCUT2D eigenvalue weighted by Crippen LogP contribution is -2.44. The van der Waals surface area contributed by atoms with Crippen LogP contribution < -0.4 is 4.74 Å². The van der Waals surface area contributed by atoms with Crippen molar-refractivity contribution in [3.8, 4) is 5.75 Å². The molecule has 0 N–H and O–H groups in total. The smallest absolute Gasteiger partial charge is 0.349 e. The number of nitrogens with zero attached hydrogens (tertiary/aromatic N) is 1. The van der Waals surface area contributed by atoms with E-state index in [2.05, 4.69) is 60.6 Å². The van der Waals surface area contributed by atoms with Crippen LogP contribution in [0, 0.1) is 5.41 Å². The summed E-state index contributed by atoms with van der Waals surface area (Å²) in [6.45, 7) is 5.28. The SMILES string of the molecule is CC(C)(CC(C)(Br)C(=O)ON1C(=O)CCC1=O)C(=O)Oc1ccccc1.PP(P)P(P)P(P)P. The molecule has 0 aromatic heterocycles. The minimum atomic E-state index is -1.30. The number of ether oxygens (including phenoxy) is 1. The number of alkyl halides is 1. The molecule has 1 heterocycles. The zero-order valence-corrected chi connectivity index (χ0v) is 29.1. The summed E-state index contributed by atoms with van der Waals surface area (Å²) in [5.41, 5.74) is -1.04. The first-order chi connectivity index (χ1) is 15.6. The maximum atomic E-state index is 12.5. The summed E-state index contributed by atoms with van der Waals surface area (Å²) < 4.78 is 4.05. The number of benzene rings is 1. The first-order valence-electron chi connectivity index (χ1n) is 9.76. The normalized spacial score (nSPS) is 15.8. The predicted molar refractivity (Wildman–Crippen MR) is 164 cm³/mol. The van der Waals surface area contributed by atoms with Crippen LogP contribution in [0.4, 0.5) is 0 Å². The van der Waals surface area contributed by atoms with Crippen LogP contribution in [0.5, 0.6) is 5.75 Å². The lowest BCUT2D eigenvalue weighted by atomic mass is 9.83. The number of hydrogen-bond donors (Lipinski definition) is 0. The largest absolute Gasteiger partial charge is 0.426 e. The summed E-state index contributed by atoms with van der Waals surface area (Å²) in [5.74, 6) is -2.07. The Bertz CT molecular complexity index is 862. The highest BCUT2D eigenvalue weighted by Gasteiger charge is 2.45. The van der Waals surface area contributed by atoms with E-state index in [4.69, 9.17) is 9.57 Å². The second kappa shape index (κ2) is 15.0. The lowest BCUT2D eigenvalue weighted by molar-refractivity contribution is -0.199. The number of rotatable bonds is 8. The van der Waals surface area contributed by atoms with Crippen LogP contribution in [0.3, 0.4) is 0 Å². The Morgan fingerprint density at radius 3 is 1.82 bits per heavy atom. The summed E-state index contributed by atoms with van der Waals surface area (Å²) in [6.07, 6.45) is 0.0563. The van der Waals surface area contributed by atoms with Crippen molar-refractivity contribution in [2.24, 2.45) is 5.41 Å². The topological polar surface area (TPSA) is 90.0 Å². The fourth-order valence-electron chi connectivity index (χ4n) is 2.66. The van der Waals surface area contributed by atoms with Gasteiger partial charge in [0.15, 0.2) is 0 Å². The van der Waals surface area contributed by atoms with Gasteiger partial charge in [-0.2, -0.15) is 0 Å². The van der Waals surface area contributed by atoms with Gasteiger partial charge in [-0.1, -0.05) is 34.1 Å². The Hall–Kier alpha value is 1.22. The molecule has 2 rings (SSSR count). The highest BCUT2D eigenvalue weighted by molar-refractivity contribution is 9.10. The number of amides is 2. The molecule has 0 saturated carbocycles. The van der Waals surface area contributed by atoms with Gasteiger partial charge in [0, 0.05) is 12.8 Å². The number of imide groups is 1. The van der Waals surface area contributed by atoms with Gasteiger partial charge in [0.25, 0.3) is 11.8 Å². The van der Waals surface area contributed by atoms with E-state index >= 15 is 0 Å². The van der Waals surface area contributed by atoms with Gasteiger partial charge in [0.1, 0.15) is 10.1 Å². The molecule has 1 aromatic rings. The van der Waals surface area contributed by atoms with Crippen LogP contribution in [0.2, 0.25) is 0 Å². The number of halogens is 1. The molecule has 6 atom stereocenters. The third-order valence-corrected chi connectivity index (χ3v) is 42.8. The van der Waals surface area contributed by atoms with Crippen molar-refractivity contribution in [2.45, 2.75) is 44.4 Å². The molecule has 1 aliphatic rings. The highest BCUT2D eigenvalue weighted by Crippen LogP contribution is 3.00. The number of para-hydroxylation sites is 1. The molecule has 2 amide bonds. The van der Waals surface area contributed by atoms with Gasteiger partial charge in [0.2, 0.25) is 0 Å². The minimum Gasteiger partial charge on any atom is -0.426 e. The van der Waals surface area contributed by atoms with Crippen molar-refractivity contribution in [1.29, 1.82) is 0 Å². The van der Waals surface area contributed by atoms with Crippen molar-refractivity contribution < 1.29 is 28.8 Å². The zero-order chi connectivity index (χ0) is 26.3. The van der Waals surface area contributed by atoms with Gasteiger partial charge in [-0.05, 0) is 60.3 Å². The average molecular weight is 684 g/mol. The Morgan fingerprint density at radius 1 is 0.941 bits per heavy atom. The molecule has 1 fully saturated rings. The number of carbonyl (C=O) groups is 4. The third-order valence-electron chi connectivity index (χ3n) is 4.36. The van der Waals surface area contributed by atoms with Crippen molar-refractivity contribution in [3.63, 3.8) is 0 Å². The van der Waals surface area contributed by atoms with Crippen LogP contribution >= 0.6 is 81.5 Å². The molecule has 7 nitrogen and oxygen atoms in total. The summed E-state index contributed by atoms with van der Waals surface area (Å²) in [4.78, 5) is 53.0. The first kappa shape index (κ1) is 33.2. The van der Waals surface area contributed by atoms with Crippen molar-refractivity contribution in [2.75, 3.05) is 0 Å². The molecule has 1 aromatic carbocycles. The van der Waals surface area contributed by atoms with E-state index in [0.717, 1.165) is 0 Å². The second-order valence-electron chi connectivity index (χ2n) is 8.00. The van der Waals surface area contributed by atoms with Crippen LogP contribution in [-0.4, -0.2) is 33.1 Å². The summed E-state index contributed by atoms with van der Waals surface area (Å²) >= 11 is 3.25. The summed E-state index contributed by atoms with van der Waals surface area (Å²) in [7, 11) is 14.4. The number of hydrogen-bond acceptors (Lipinski definition) is 6. The van der Waals surface area contributed by atoms with E-state index in [-0.39, 0.29) is 40.2 Å². The van der Waals surface area contributed by atoms with Gasteiger partial charge in [-0.15, -0.1) is 49.7 Å². The molecule has 1 aliphatic heterocycles. The van der Waals surface area contributed by atoms with E-state index in [0.29, 0.717) is 10.8 Å². The standard InChI is InChI=1S/C18H20BrNO6.H10P8/c1-17(2,15(23)25-12-7-5-4-6-8-12)11-18(3,19)16(24)26-20-13(21)9-10-14(20)22;1-6(2)8(5)7(3)4/h4-8H,9-11H2,1-3H3;1-5H2. The van der Waals surface area contributed by atoms with Crippen LogP contribution in [0.1, 0.15) is 40.0 Å². The van der Waals surface area contributed by atoms with E-state index in [1.165, 1.54) is 6.92 Å². The molecule has 34 heavy (non-hydrogen) atoms. The maximum absolute atomic E-state index is 12.5. The van der Waals surface area contributed by atoms with E-state index in [9.17, 15) is 19.2 Å². The molecule has 0 spiro atoms. The molecule has 1 saturated heterocycles. The van der Waals surface area contributed by atoms with E-state index in [1.54, 1.807) is 44.2 Å². The van der Waals surface area contributed by atoms with Gasteiger partial charge in [-0.25, -0.2) is 4.79 Å². The average Bonchev–Trinajstić information content (AvgIpc) is 3.05. The molecule has 0 radical (unpaired) electrons. The lowest BCUT2D eigenvalue weighted by Gasteiger charge is -2.30. The molecule has 0 aliphatic carbocycles. The number of hydroxylamine groups is 2. The van der Waals surface area contributed by atoms with Crippen LogP contribution in [-0.2, 0) is 24.0 Å². The first-order valence-corrected chi connectivity index (χ1v) is 24.1. The third kappa shape index (κ3) is 10.9. The highest BCUT2D eigenvalue weighted by atomic mass is 79.9. The Kier molecular flexibility index (Phi) is 14.6. The predicted octanol–water partition coefficient (Wildman–Crippen LogP) is 6.98. The Morgan fingerprint density at radius 2 is 1.41 bits per heavy atom. The van der Waals surface area contributed by atoms with Gasteiger partial charge in [0.05, 0.1) is 5.41 Å². The summed E-state index contributed by atoms with van der Waals surface area (Å²) in [5, 5.41) is 0.483. The fraction of sp³-hybridized carbons (Fsp3) is 0.444. The van der Waals surface area contributed by atoms with Crippen LogP contribution in [0.25, 0.3) is 0 Å². The Labute approximate surface area is 224 Å². The Balaban J connectivity index is 0.000000620. The molecule has 16 heteroatoms. The quantitative estimate of drug-likeness (QED) is 0.0966. The van der Waals surface area contributed by atoms with E-state index in [1.807, 2.05) is 0 Å². The molecule has 6 unspecified atom stereocenters. The van der Waals surface area contributed by atoms with Gasteiger partial charge >= 0.3 is 11.9 Å². The van der Waals surface area contributed by atoms with Crippen molar-refractivity contribution in [1.82, 2.24) is 5.06 Å². The van der Waals surface area contributed by atoms with Crippen LogP contribution in [0.15, 0.2) is 30.3 Å². The zero-order valence-electron chi connectivity index (χ0n) is 19.0. The van der Waals surface area contributed by atoms with Crippen molar-refractivity contribution >= 4 is 105 Å². The molecule has 0 bridgehead atoms. The van der Waals surface area contributed by atoms with Gasteiger partial charge < -0.3 is 9.57 Å². The molecular weight excluding hydrogens is 654 g/mol. The number of carbonyl (C=O) groups excluding carboxylic acids is 4. The maximum Gasteiger partial charge on any atom is 0.349 e. The monoisotopic (exact) mass is 683 g/mol. The minimum absolute atomic E-state index is 0.0139. The van der Waals surface area contributed by atoms with Gasteiger partial charge in [-0.3, -0.25) is 14.4 Å². The van der Waals surface area contributed by atoms with Crippen molar-refractivity contribution in [3.05, 3.63) is 30.3 Å².